The molecule has 10 heteroatoms. The quantitative estimate of drug-likeness (QED) is 0.403. The Bertz CT molecular complexity index is 1320. The average molecular weight is 540 g/mol. The highest BCUT2D eigenvalue weighted by Crippen LogP contribution is 2.34. The molecule has 2 aliphatic rings. The van der Waals surface area contributed by atoms with Crippen LogP contribution in [0.3, 0.4) is 0 Å². The van der Waals surface area contributed by atoms with Gasteiger partial charge in [0.15, 0.2) is 5.75 Å². The first-order valence-electron chi connectivity index (χ1n) is 12.7. The van der Waals surface area contributed by atoms with E-state index in [1.165, 1.54) is 12.1 Å². The maximum Gasteiger partial charge on any atom is 0.573 e. The Kier molecular flexibility index (Phi) is 7.58. The van der Waals surface area contributed by atoms with E-state index in [9.17, 15) is 22.8 Å². The summed E-state index contributed by atoms with van der Waals surface area (Å²) in [5.74, 6) is -1.51. The highest BCUT2D eigenvalue weighted by molar-refractivity contribution is 6.05. The summed E-state index contributed by atoms with van der Waals surface area (Å²) in [6.45, 7) is 2.86. The Morgan fingerprint density at radius 3 is 2.21 bits per heavy atom. The molecular formula is C29H28F3N3O4. The first-order valence-corrected chi connectivity index (χ1v) is 12.7. The van der Waals surface area contributed by atoms with E-state index in [0.29, 0.717) is 18.7 Å². The number of carbonyl (C=O) groups is 2. The van der Waals surface area contributed by atoms with E-state index < -0.39 is 30.0 Å². The summed E-state index contributed by atoms with van der Waals surface area (Å²) < 4.78 is 49.1. The molecule has 7 nitrogen and oxygen atoms in total. The predicted octanol–water partition coefficient (Wildman–Crippen LogP) is 5.69. The van der Waals surface area contributed by atoms with E-state index in [-0.39, 0.29) is 23.6 Å². The van der Waals surface area contributed by atoms with Crippen LogP contribution in [0.1, 0.15) is 30.1 Å². The predicted molar refractivity (Wildman–Crippen MR) is 141 cm³/mol. The van der Waals surface area contributed by atoms with Crippen LogP contribution in [0, 0.1) is 0 Å². The number of benzene rings is 3. The van der Waals surface area contributed by atoms with Gasteiger partial charge < -0.3 is 20.1 Å². The zero-order valence-electron chi connectivity index (χ0n) is 21.2. The molecule has 2 saturated heterocycles. The fraction of sp³-hybridized carbons (Fsp3) is 0.310. The second kappa shape index (κ2) is 11.1. The smallest absolute Gasteiger partial charge is 0.404 e. The fourth-order valence-electron chi connectivity index (χ4n) is 4.93. The van der Waals surface area contributed by atoms with Crippen molar-refractivity contribution < 1.29 is 32.2 Å². The number of hydrogen-bond acceptors (Lipinski definition) is 5. The van der Waals surface area contributed by atoms with Gasteiger partial charge in [-0.05, 0) is 61.2 Å². The number of anilines is 2. The fourth-order valence-corrected chi connectivity index (χ4v) is 4.93. The zero-order valence-corrected chi connectivity index (χ0v) is 21.2. The lowest BCUT2D eigenvalue weighted by Crippen LogP contribution is -2.51. The van der Waals surface area contributed by atoms with Crippen molar-refractivity contribution in [2.75, 3.05) is 23.7 Å². The summed E-state index contributed by atoms with van der Waals surface area (Å²) in [4.78, 5) is 27.9. The van der Waals surface area contributed by atoms with Gasteiger partial charge in [-0.2, -0.15) is 0 Å². The molecule has 2 bridgehead atoms. The van der Waals surface area contributed by atoms with E-state index in [1.54, 1.807) is 19.1 Å². The van der Waals surface area contributed by atoms with Gasteiger partial charge in [0.1, 0.15) is 0 Å². The molecule has 0 aromatic heterocycles. The Labute approximate surface area is 223 Å². The molecule has 2 aliphatic heterocycles. The SMILES string of the molecule is C[C@H](C(=O)Nc1cc(NC(=O)c2ccc(-c3ccccc3)cc2)ccc1OC(F)(F)F)N1CC2CCC(C1)O2. The van der Waals surface area contributed by atoms with E-state index in [0.717, 1.165) is 30.0 Å². The van der Waals surface area contributed by atoms with Crippen molar-refractivity contribution in [3.63, 3.8) is 0 Å². The molecule has 0 radical (unpaired) electrons. The van der Waals surface area contributed by atoms with Crippen LogP contribution >= 0.6 is 0 Å². The third-order valence-corrected chi connectivity index (χ3v) is 6.97. The summed E-state index contributed by atoms with van der Waals surface area (Å²) in [5.41, 5.74) is 2.32. The van der Waals surface area contributed by atoms with Crippen molar-refractivity contribution >= 4 is 23.2 Å². The van der Waals surface area contributed by atoms with Crippen molar-refractivity contribution in [2.24, 2.45) is 0 Å². The maximum atomic E-state index is 13.1. The van der Waals surface area contributed by atoms with E-state index in [1.807, 2.05) is 47.4 Å². The Balaban J connectivity index is 1.31. The zero-order chi connectivity index (χ0) is 27.6. The molecule has 0 saturated carbocycles. The molecule has 0 aliphatic carbocycles. The molecule has 2 heterocycles. The summed E-state index contributed by atoms with van der Waals surface area (Å²) in [6, 6.07) is 19.6. The monoisotopic (exact) mass is 539 g/mol. The average Bonchev–Trinajstić information content (AvgIpc) is 3.26. The summed E-state index contributed by atoms with van der Waals surface area (Å²) in [7, 11) is 0. The van der Waals surface area contributed by atoms with Gasteiger partial charge in [-0.25, -0.2) is 0 Å². The molecular weight excluding hydrogens is 511 g/mol. The maximum absolute atomic E-state index is 13.1. The van der Waals surface area contributed by atoms with Crippen LogP contribution in [0.5, 0.6) is 5.75 Å². The minimum atomic E-state index is -4.96. The first-order chi connectivity index (χ1) is 18.6. The van der Waals surface area contributed by atoms with Gasteiger partial charge in [0.25, 0.3) is 5.91 Å². The molecule has 5 rings (SSSR count). The van der Waals surface area contributed by atoms with Crippen molar-refractivity contribution in [1.29, 1.82) is 0 Å². The molecule has 2 N–H and O–H groups in total. The highest BCUT2D eigenvalue weighted by atomic mass is 19.4. The molecule has 3 aromatic rings. The number of amides is 2. The number of ether oxygens (including phenoxy) is 2. The van der Waals surface area contributed by atoms with Crippen LogP contribution in [-0.4, -0.2) is 54.4 Å². The number of alkyl halides is 3. The largest absolute Gasteiger partial charge is 0.573 e. The van der Waals surface area contributed by atoms with Gasteiger partial charge in [-0.3, -0.25) is 14.5 Å². The van der Waals surface area contributed by atoms with E-state index >= 15 is 0 Å². The summed E-state index contributed by atoms with van der Waals surface area (Å²) in [6.07, 6.45) is -2.99. The number of nitrogens with one attached hydrogen (secondary N) is 2. The number of halogens is 3. The Morgan fingerprint density at radius 1 is 0.923 bits per heavy atom. The molecule has 2 unspecified atom stereocenters. The number of carbonyl (C=O) groups excluding carboxylic acids is 2. The van der Waals surface area contributed by atoms with Crippen LogP contribution in [0.2, 0.25) is 0 Å². The molecule has 3 aromatic carbocycles. The number of rotatable bonds is 7. The number of morpholine rings is 1. The van der Waals surface area contributed by atoms with E-state index in [4.69, 9.17) is 4.74 Å². The lowest BCUT2D eigenvalue weighted by atomic mass is 10.0. The van der Waals surface area contributed by atoms with Crippen LogP contribution < -0.4 is 15.4 Å². The molecule has 2 fully saturated rings. The van der Waals surface area contributed by atoms with Crippen LogP contribution in [0.25, 0.3) is 11.1 Å². The first kappa shape index (κ1) is 26.7. The summed E-state index contributed by atoms with van der Waals surface area (Å²) in [5, 5.41) is 5.24. The minimum Gasteiger partial charge on any atom is -0.404 e. The van der Waals surface area contributed by atoms with Gasteiger partial charge >= 0.3 is 6.36 Å². The van der Waals surface area contributed by atoms with Crippen LogP contribution in [0.15, 0.2) is 72.8 Å². The molecule has 39 heavy (non-hydrogen) atoms. The standard InChI is InChI=1S/C29H28F3N3O4/c1-18(35-16-23-12-13-24(17-35)38-23)27(36)34-25-15-22(11-14-26(25)39-29(30,31)32)33-28(37)21-9-7-20(8-10-21)19-5-3-2-4-6-19/h2-11,14-15,18,23-24H,12-13,16-17H2,1H3,(H,33,37)(H,34,36)/t18-,23?,24?/m1/s1. The lowest BCUT2D eigenvalue weighted by Gasteiger charge is -2.35. The molecule has 2 amide bonds. The highest BCUT2D eigenvalue weighted by Gasteiger charge is 2.37. The van der Waals surface area contributed by atoms with Gasteiger partial charge in [0.2, 0.25) is 5.91 Å². The topological polar surface area (TPSA) is 79.9 Å². The molecule has 3 atom stereocenters. The second-order valence-electron chi connectivity index (χ2n) is 9.73. The van der Waals surface area contributed by atoms with Crippen molar-refractivity contribution in [2.45, 2.75) is 44.4 Å². The number of hydrogen-bond donors (Lipinski definition) is 2. The van der Waals surface area contributed by atoms with Gasteiger partial charge in [-0.1, -0.05) is 42.5 Å². The minimum absolute atomic E-state index is 0.0587. The Morgan fingerprint density at radius 2 is 1.56 bits per heavy atom. The normalized spacial score (nSPS) is 19.8. The van der Waals surface area contributed by atoms with Gasteiger partial charge in [0.05, 0.1) is 23.9 Å². The molecule has 0 spiro atoms. The third-order valence-electron chi connectivity index (χ3n) is 6.97. The second-order valence-corrected chi connectivity index (χ2v) is 9.73. The lowest BCUT2D eigenvalue weighted by molar-refractivity contribution is -0.274. The summed E-state index contributed by atoms with van der Waals surface area (Å²) >= 11 is 0. The van der Waals surface area contributed by atoms with Crippen molar-refractivity contribution in [1.82, 2.24) is 4.90 Å². The molecule has 204 valence electrons. The van der Waals surface area contributed by atoms with E-state index in [2.05, 4.69) is 15.4 Å². The van der Waals surface area contributed by atoms with Crippen molar-refractivity contribution in [3.8, 4) is 16.9 Å². The van der Waals surface area contributed by atoms with Gasteiger partial charge in [-0.15, -0.1) is 13.2 Å². The number of likely N-dealkylation sites (tertiary alicyclic amines) is 1. The van der Waals surface area contributed by atoms with Gasteiger partial charge in [0, 0.05) is 24.3 Å². The number of nitrogens with zero attached hydrogens (tertiary/aromatic N) is 1. The van der Waals surface area contributed by atoms with Crippen LogP contribution in [0.4, 0.5) is 24.5 Å². The number of fused-ring (bicyclic) bond motifs is 2. The van der Waals surface area contributed by atoms with Crippen molar-refractivity contribution in [3.05, 3.63) is 78.4 Å². The van der Waals surface area contributed by atoms with Crippen LogP contribution in [-0.2, 0) is 9.53 Å². The Hall–Kier alpha value is -3.89. The third kappa shape index (κ3) is 6.58.